The second-order valence-corrected chi connectivity index (χ2v) is 5.01. The summed E-state index contributed by atoms with van der Waals surface area (Å²) in [5.41, 5.74) is 2.71. The summed E-state index contributed by atoms with van der Waals surface area (Å²) in [6.45, 7) is 1.89. The van der Waals surface area contributed by atoms with Gasteiger partial charge in [0.15, 0.2) is 6.29 Å². The van der Waals surface area contributed by atoms with Crippen molar-refractivity contribution >= 4 is 11.8 Å². The van der Waals surface area contributed by atoms with E-state index < -0.39 is 0 Å². The van der Waals surface area contributed by atoms with Gasteiger partial charge in [0.1, 0.15) is 11.4 Å². The molecule has 1 aromatic heterocycles. The van der Waals surface area contributed by atoms with Crippen LogP contribution in [0, 0.1) is 6.92 Å². The molecule has 2 rings (SSSR count). The van der Waals surface area contributed by atoms with Crippen molar-refractivity contribution in [2.24, 2.45) is 0 Å². The maximum absolute atomic E-state index is 5.20. The number of ether oxygens (including phenoxy) is 2. The number of hydrogen-bond donors (Lipinski definition) is 0. The Kier molecular flexibility index (Phi) is 4.95. The van der Waals surface area contributed by atoms with E-state index in [0.717, 1.165) is 27.6 Å². The molecule has 0 spiro atoms. The van der Waals surface area contributed by atoms with Crippen LogP contribution in [0.1, 0.15) is 23.2 Å². The van der Waals surface area contributed by atoms with Crippen LogP contribution in [-0.2, 0) is 15.2 Å². The monoisotopic (exact) mass is 280 g/mol. The van der Waals surface area contributed by atoms with E-state index in [2.05, 4.69) is 14.9 Å². The van der Waals surface area contributed by atoms with Crippen LogP contribution in [0.2, 0.25) is 0 Å². The zero-order valence-electron chi connectivity index (χ0n) is 11.1. The molecule has 1 aromatic carbocycles. The zero-order chi connectivity index (χ0) is 13.7. The van der Waals surface area contributed by atoms with Crippen molar-refractivity contribution in [2.45, 2.75) is 23.9 Å². The Morgan fingerprint density at radius 3 is 2.37 bits per heavy atom. The molecule has 0 aliphatic heterocycles. The van der Waals surface area contributed by atoms with E-state index in [1.54, 1.807) is 26.0 Å². The quantitative estimate of drug-likeness (QED) is 0.599. The normalized spacial score (nSPS) is 11.2. The van der Waals surface area contributed by atoms with Crippen LogP contribution in [-0.4, -0.2) is 24.5 Å². The molecule has 19 heavy (non-hydrogen) atoms. The largest absolute Gasteiger partial charge is 0.352 e. The summed E-state index contributed by atoms with van der Waals surface area (Å²) in [6.07, 6.45) is -0.318. The highest BCUT2D eigenvalue weighted by atomic mass is 32.2. The molecule has 0 atom stereocenters. The molecule has 2 aromatic rings. The number of hydrogen-bond acceptors (Lipinski definition) is 6. The molecular weight excluding hydrogens is 264 g/mol. The molecule has 0 fully saturated rings. The minimum Gasteiger partial charge on any atom is -0.352 e. The van der Waals surface area contributed by atoms with Gasteiger partial charge in [0.25, 0.3) is 0 Å². The Morgan fingerprint density at radius 2 is 1.84 bits per heavy atom. The van der Waals surface area contributed by atoms with Gasteiger partial charge in [-0.2, -0.15) is 0 Å². The van der Waals surface area contributed by atoms with Crippen LogP contribution in [0.3, 0.4) is 0 Å². The van der Waals surface area contributed by atoms with Crippen LogP contribution >= 0.6 is 11.8 Å². The van der Waals surface area contributed by atoms with Gasteiger partial charge < -0.3 is 9.47 Å². The lowest BCUT2D eigenvalue weighted by Gasteiger charge is -2.13. The highest BCUT2D eigenvalue weighted by molar-refractivity contribution is 7.98. The average molecular weight is 280 g/mol. The number of thioether (sulfide) groups is 1. The number of methoxy groups -OCH3 is 2. The molecule has 0 amide bonds. The fourth-order valence-electron chi connectivity index (χ4n) is 1.62. The maximum atomic E-state index is 5.20. The number of rotatable bonds is 6. The summed E-state index contributed by atoms with van der Waals surface area (Å²) in [5, 5.41) is 7.61. The van der Waals surface area contributed by atoms with Gasteiger partial charge in [-0.15, -0.1) is 11.8 Å². The van der Waals surface area contributed by atoms with Gasteiger partial charge in [0.2, 0.25) is 0 Å². The summed E-state index contributed by atoms with van der Waals surface area (Å²) in [5.74, 6) is 0.743. The molecular formula is C13H16N2O3S. The Morgan fingerprint density at radius 1 is 1.16 bits per heavy atom. The highest BCUT2D eigenvalue weighted by Crippen LogP contribution is 2.25. The van der Waals surface area contributed by atoms with Crippen LogP contribution in [0.15, 0.2) is 33.8 Å². The summed E-state index contributed by atoms with van der Waals surface area (Å²) in [7, 11) is 3.24. The molecule has 6 heteroatoms. The lowest BCUT2D eigenvalue weighted by Crippen LogP contribution is -2.02. The van der Waals surface area contributed by atoms with E-state index in [9.17, 15) is 0 Å². The maximum Gasteiger partial charge on any atom is 0.183 e. The van der Waals surface area contributed by atoms with Gasteiger partial charge >= 0.3 is 0 Å². The van der Waals surface area contributed by atoms with Crippen LogP contribution in [0.5, 0.6) is 0 Å². The van der Waals surface area contributed by atoms with Crippen molar-refractivity contribution in [3.8, 4) is 0 Å². The fraction of sp³-hybridized carbons (Fsp3) is 0.385. The lowest BCUT2D eigenvalue weighted by atomic mass is 10.2. The molecule has 0 saturated heterocycles. The number of aromatic nitrogens is 2. The molecule has 0 aliphatic carbocycles. The van der Waals surface area contributed by atoms with Crippen LogP contribution in [0.25, 0.3) is 0 Å². The van der Waals surface area contributed by atoms with E-state index in [0.29, 0.717) is 0 Å². The first-order valence-electron chi connectivity index (χ1n) is 5.81. The second kappa shape index (κ2) is 6.70. The molecule has 0 saturated carbocycles. The van der Waals surface area contributed by atoms with Gasteiger partial charge in [-0.05, 0) is 19.1 Å². The molecule has 0 bridgehead atoms. The van der Waals surface area contributed by atoms with Crippen molar-refractivity contribution in [1.82, 2.24) is 10.3 Å². The molecule has 0 unspecified atom stereocenters. The van der Waals surface area contributed by atoms with Gasteiger partial charge in [-0.1, -0.05) is 22.4 Å². The number of benzene rings is 1. The first-order valence-corrected chi connectivity index (χ1v) is 6.79. The van der Waals surface area contributed by atoms with Crippen molar-refractivity contribution in [3.63, 3.8) is 0 Å². The summed E-state index contributed by atoms with van der Waals surface area (Å²) < 4.78 is 15.1. The Bertz CT molecular complexity index is 509. The predicted octanol–water partition coefficient (Wildman–Crippen LogP) is 2.96. The lowest BCUT2D eigenvalue weighted by molar-refractivity contribution is -0.106. The van der Waals surface area contributed by atoms with E-state index in [4.69, 9.17) is 9.47 Å². The van der Waals surface area contributed by atoms with Gasteiger partial charge in [-0.3, -0.25) is 0 Å². The van der Waals surface area contributed by atoms with Gasteiger partial charge in [0, 0.05) is 30.4 Å². The van der Waals surface area contributed by atoms with Crippen LogP contribution < -0.4 is 0 Å². The highest BCUT2D eigenvalue weighted by Gasteiger charge is 2.09. The van der Waals surface area contributed by atoms with Crippen molar-refractivity contribution < 1.29 is 14.1 Å². The van der Waals surface area contributed by atoms with E-state index in [-0.39, 0.29) is 6.29 Å². The summed E-state index contributed by atoms with van der Waals surface area (Å²) >= 11 is 1.68. The Hall–Kier alpha value is -1.37. The topological polar surface area (TPSA) is 57.4 Å². The number of nitrogens with zero attached hydrogens (tertiary/aromatic N) is 2. The predicted molar refractivity (Wildman–Crippen MR) is 71.8 cm³/mol. The van der Waals surface area contributed by atoms with E-state index >= 15 is 0 Å². The first-order chi connectivity index (χ1) is 9.24. The minimum absolute atomic E-state index is 0.318. The smallest absolute Gasteiger partial charge is 0.183 e. The molecule has 5 nitrogen and oxygen atoms in total. The molecule has 1 heterocycles. The third-order valence-corrected chi connectivity index (χ3v) is 3.73. The summed E-state index contributed by atoms with van der Waals surface area (Å²) in [6, 6.07) is 8.06. The minimum atomic E-state index is -0.318. The van der Waals surface area contributed by atoms with Crippen molar-refractivity contribution in [1.29, 1.82) is 0 Å². The number of aryl methyl sites for hydroxylation is 1. The standard InChI is InChI=1S/C13H16N2O3S/c1-9-12(15-18-14-9)8-19-11-6-4-10(5-7-11)13(16-2)17-3/h4-7,13H,8H2,1-3H3. The van der Waals surface area contributed by atoms with Crippen molar-refractivity contribution in [3.05, 3.63) is 41.2 Å². The fourth-order valence-corrected chi connectivity index (χ4v) is 2.52. The van der Waals surface area contributed by atoms with Gasteiger partial charge in [-0.25, -0.2) is 4.63 Å². The third kappa shape index (κ3) is 3.56. The van der Waals surface area contributed by atoms with E-state index in [1.807, 2.05) is 31.2 Å². The molecule has 0 aliphatic rings. The zero-order valence-corrected chi connectivity index (χ0v) is 11.9. The SMILES string of the molecule is COC(OC)c1ccc(SCc2nonc2C)cc1. The van der Waals surface area contributed by atoms with Crippen molar-refractivity contribution in [2.75, 3.05) is 14.2 Å². The van der Waals surface area contributed by atoms with Gasteiger partial charge in [0.05, 0.1) is 0 Å². The molecule has 0 N–H and O–H groups in total. The Labute approximate surface area is 116 Å². The molecule has 102 valence electrons. The molecule has 0 radical (unpaired) electrons. The summed E-state index contributed by atoms with van der Waals surface area (Å²) in [4.78, 5) is 1.15. The second-order valence-electron chi connectivity index (χ2n) is 3.96. The first kappa shape index (κ1) is 14.0. The van der Waals surface area contributed by atoms with E-state index in [1.165, 1.54) is 0 Å². The average Bonchev–Trinajstić information content (AvgIpc) is 2.85. The third-order valence-electron chi connectivity index (χ3n) is 2.70. The Balaban J connectivity index is 1.97. The van der Waals surface area contributed by atoms with Crippen LogP contribution in [0.4, 0.5) is 0 Å².